The first-order valence-corrected chi connectivity index (χ1v) is 5.83. The average Bonchev–Trinajstić information content (AvgIpc) is 2.90. The maximum absolute atomic E-state index is 8.89. The molecule has 0 spiro atoms. The molecule has 0 fully saturated rings. The van der Waals surface area contributed by atoms with Gasteiger partial charge in [0.25, 0.3) is 0 Å². The zero-order valence-electron chi connectivity index (χ0n) is 10.4. The summed E-state index contributed by atoms with van der Waals surface area (Å²) in [7, 11) is 1.64. The van der Waals surface area contributed by atoms with Crippen LogP contribution in [0, 0.1) is 11.3 Å². The SMILES string of the molecule is COc1cccc(-c2cn3cc(C#N)ccc3n2)c1. The first kappa shape index (κ1) is 11.3. The summed E-state index contributed by atoms with van der Waals surface area (Å²) in [6, 6.07) is 13.5. The molecule has 92 valence electrons. The molecule has 0 unspecified atom stereocenters. The number of hydrogen-bond donors (Lipinski definition) is 0. The van der Waals surface area contributed by atoms with Crippen molar-refractivity contribution in [2.45, 2.75) is 0 Å². The number of ether oxygens (including phenoxy) is 1. The van der Waals surface area contributed by atoms with Gasteiger partial charge in [0.1, 0.15) is 17.5 Å². The lowest BCUT2D eigenvalue weighted by molar-refractivity contribution is 0.415. The zero-order chi connectivity index (χ0) is 13.2. The quantitative estimate of drug-likeness (QED) is 0.701. The fourth-order valence-corrected chi connectivity index (χ4v) is 1.98. The van der Waals surface area contributed by atoms with Crippen LogP contribution >= 0.6 is 0 Å². The molecule has 0 atom stereocenters. The van der Waals surface area contributed by atoms with Crippen LogP contribution in [0.3, 0.4) is 0 Å². The van der Waals surface area contributed by atoms with Crippen molar-refractivity contribution in [2.75, 3.05) is 7.11 Å². The molecular formula is C15H11N3O. The zero-order valence-corrected chi connectivity index (χ0v) is 10.4. The van der Waals surface area contributed by atoms with E-state index in [1.54, 1.807) is 19.4 Å². The lowest BCUT2D eigenvalue weighted by atomic mass is 10.1. The maximum atomic E-state index is 8.89. The van der Waals surface area contributed by atoms with Crippen LogP contribution in [0.1, 0.15) is 5.56 Å². The number of fused-ring (bicyclic) bond motifs is 1. The summed E-state index contributed by atoms with van der Waals surface area (Å²) < 4.78 is 7.06. The molecule has 3 aromatic rings. The normalized spacial score (nSPS) is 10.3. The van der Waals surface area contributed by atoms with Gasteiger partial charge in [-0.15, -0.1) is 0 Å². The molecule has 19 heavy (non-hydrogen) atoms. The third-order valence-corrected chi connectivity index (χ3v) is 2.95. The molecule has 2 aromatic heterocycles. The number of aromatic nitrogens is 2. The number of nitriles is 1. The predicted octanol–water partition coefficient (Wildman–Crippen LogP) is 2.88. The molecular weight excluding hydrogens is 238 g/mol. The highest BCUT2D eigenvalue weighted by atomic mass is 16.5. The summed E-state index contributed by atoms with van der Waals surface area (Å²) >= 11 is 0. The van der Waals surface area contributed by atoms with E-state index in [4.69, 9.17) is 10.00 Å². The third-order valence-electron chi connectivity index (χ3n) is 2.95. The molecule has 0 bridgehead atoms. The van der Waals surface area contributed by atoms with Gasteiger partial charge in [0.15, 0.2) is 0 Å². The molecule has 0 N–H and O–H groups in total. The molecule has 0 saturated heterocycles. The van der Waals surface area contributed by atoms with Gasteiger partial charge in [-0.1, -0.05) is 12.1 Å². The minimum absolute atomic E-state index is 0.613. The Morgan fingerprint density at radius 3 is 2.89 bits per heavy atom. The molecule has 1 aromatic carbocycles. The van der Waals surface area contributed by atoms with Crippen molar-refractivity contribution in [2.24, 2.45) is 0 Å². The van der Waals surface area contributed by atoms with E-state index in [1.165, 1.54) is 0 Å². The third kappa shape index (κ3) is 2.02. The van der Waals surface area contributed by atoms with E-state index in [2.05, 4.69) is 11.1 Å². The van der Waals surface area contributed by atoms with E-state index >= 15 is 0 Å². The highest BCUT2D eigenvalue weighted by molar-refractivity contribution is 5.64. The molecule has 0 amide bonds. The molecule has 4 nitrogen and oxygen atoms in total. The molecule has 0 radical (unpaired) electrons. The Morgan fingerprint density at radius 1 is 1.21 bits per heavy atom. The summed E-state index contributed by atoms with van der Waals surface area (Å²) in [5.74, 6) is 0.798. The highest BCUT2D eigenvalue weighted by Crippen LogP contribution is 2.23. The summed E-state index contributed by atoms with van der Waals surface area (Å²) in [5.41, 5.74) is 3.27. The average molecular weight is 249 g/mol. The van der Waals surface area contributed by atoms with Crippen molar-refractivity contribution >= 4 is 5.65 Å². The molecule has 3 rings (SSSR count). The van der Waals surface area contributed by atoms with E-state index in [0.717, 1.165) is 22.7 Å². The van der Waals surface area contributed by atoms with E-state index < -0.39 is 0 Å². The molecule has 0 aliphatic rings. The molecule has 0 saturated carbocycles. The van der Waals surface area contributed by atoms with Gasteiger partial charge in [0.05, 0.1) is 18.4 Å². The van der Waals surface area contributed by atoms with Crippen LogP contribution in [0.15, 0.2) is 48.8 Å². The second-order valence-electron chi connectivity index (χ2n) is 4.15. The smallest absolute Gasteiger partial charge is 0.137 e. The van der Waals surface area contributed by atoms with E-state index in [9.17, 15) is 0 Å². The van der Waals surface area contributed by atoms with Crippen molar-refractivity contribution in [3.05, 3.63) is 54.4 Å². The van der Waals surface area contributed by atoms with Crippen LogP contribution < -0.4 is 4.74 Å². The minimum Gasteiger partial charge on any atom is -0.497 e. The van der Waals surface area contributed by atoms with Gasteiger partial charge in [0.2, 0.25) is 0 Å². The molecule has 0 aliphatic carbocycles. The largest absolute Gasteiger partial charge is 0.497 e. The van der Waals surface area contributed by atoms with Crippen LogP contribution in [-0.2, 0) is 0 Å². The van der Waals surface area contributed by atoms with E-state index in [-0.39, 0.29) is 0 Å². The molecule has 0 aliphatic heterocycles. The molecule has 4 heteroatoms. The fraction of sp³-hybridized carbons (Fsp3) is 0.0667. The Balaban J connectivity index is 2.12. The van der Waals surface area contributed by atoms with Crippen LogP contribution in [0.25, 0.3) is 16.9 Å². The number of pyridine rings is 1. The summed E-state index contributed by atoms with van der Waals surface area (Å²) in [6.45, 7) is 0. The number of nitrogens with zero attached hydrogens (tertiary/aromatic N) is 3. The van der Waals surface area contributed by atoms with Gasteiger partial charge in [-0.2, -0.15) is 5.26 Å². The fourth-order valence-electron chi connectivity index (χ4n) is 1.98. The first-order valence-electron chi connectivity index (χ1n) is 5.83. The van der Waals surface area contributed by atoms with Crippen LogP contribution in [0.4, 0.5) is 0 Å². The van der Waals surface area contributed by atoms with E-state index in [0.29, 0.717) is 5.56 Å². The van der Waals surface area contributed by atoms with Crippen molar-refractivity contribution < 1.29 is 4.74 Å². The topological polar surface area (TPSA) is 50.3 Å². The van der Waals surface area contributed by atoms with Crippen molar-refractivity contribution in [1.29, 1.82) is 5.26 Å². The van der Waals surface area contributed by atoms with Crippen LogP contribution in [0.2, 0.25) is 0 Å². The number of imidazole rings is 1. The van der Waals surface area contributed by atoms with Gasteiger partial charge in [-0.05, 0) is 24.3 Å². The van der Waals surface area contributed by atoms with Crippen LogP contribution in [0.5, 0.6) is 5.75 Å². The maximum Gasteiger partial charge on any atom is 0.137 e. The Hall–Kier alpha value is -2.80. The molecule has 2 heterocycles. The lowest BCUT2D eigenvalue weighted by Gasteiger charge is -2.00. The van der Waals surface area contributed by atoms with Gasteiger partial charge in [-0.3, -0.25) is 0 Å². The summed E-state index contributed by atoms with van der Waals surface area (Å²) in [5, 5.41) is 8.89. The lowest BCUT2D eigenvalue weighted by Crippen LogP contribution is -1.83. The number of methoxy groups -OCH3 is 1. The summed E-state index contributed by atoms with van der Waals surface area (Å²) in [6.07, 6.45) is 3.68. The monoisotopic (exact) mass is 249 g/mol. The van der Waals surface area contributed by atoms with E-state index in [1.807, 2.05) is 40.9 Å². The van der Waals surface area contributed by atoms with Crippen molar-refractivity contribution in [3.63, 3.8) is 0 Å². The van der Waals surface area contributed by atoms with Gasteiger partial charge in [0, 0.05) is 18.0 Å². The minimum atomic E-state index is 0.613. The Morgan fingerprint density at radius 2 is 2.11 bits per heavy atom. The second kappa shape index (κ2) is 4.46. The number of rotatable bonds is 2. The number of benzene rings is 1. The number of hydrogen-bond acceptors (Lipinski definition) is 3. The van der Waals surface area contributed by atoms with Crippen molar-refractivity contribution in [1.82, 2.24) is 9.38 Å². The Bertz CT molecular complexity index is 783. The van der Waals surface area contributed by atoms with Crippen LogP contribution in [-0.4, -0.2) is 16.5 Å². The first-order chi connectivity index (χ1) is 9.30. The highest BCUT2D eigenvalue weighted by Gasteiger charge is 2.05. The predicted molar refractivity (Wildman–Crippen MR) is 71.9 cm³/mol. The van der Waals surface area contributed by atoms with Gasteiger partial charge >= 0.3 is 0 Å². The second-order valence-corrected chi connectivity index (χ2v) is 4.15. The Labute approximate surface area is 110 Å². The Kier molecular flexibility index (Phi) is 2.66. The standard InChI is InChI=1S/C15H11N3O/c1-19-13-4-2-3-12(7-13)14-10-18-9-11(8-16)5-6-15(18)17-14/h2-7,9-10H,1H3. The van der Waals surface area contributed by atoms with Gasteiger partial charge in [-0.25, -0.2) is 4.98 Å². The van der Waals surface area contributed by atoms with Crippen molar-refractivity contribution in [3.8, 4) is 23.1 Å². The summed E-state index contributed by atoms with van der Waals surface area (Å²) in [4.78, 5) is 4.53. The van der Waals surface area contributed by atoms with Gasteiger partial charge < -0.3 is 9.14 Å².